The molecule has 3 aromatic carbocycles. The summed E-state index contributed by atoms with van der Waals surface area (Å²) in [5.41, 5.74) is 2.64. The molecule has 7 heteroatoms. The van der Waals surface area contributed by atoms with Crippen LogP contribution < -0.4 is 4.74 Å². The van der Waals surface area contributed by atoms with Gasteiger partial charge in [0.1, 0.15) is 11.6 Å². The molecule has 0 radical (unpaired) electrons. The number of carbonyl (C=O) groups is 2. The number of hydrogen-bond donors (Lipinski definition) is 2. The Labute approximate surface area is 213 Å². The van der Waals surface area contributed by atoms with Crippen molar-refractivity contribution in [2.45, 2.75) is 12.5 Å². The van der Waals surface area contributed by atoms with Gasteiger partial charge in [-0.05, 0) is 47.9 Å². The molecule has 0 fully saturated rings. The lowest BCUT2D eigenvalue weighted by molar-refractivity contribution is -0.129. The topological polar surface area (TPSA) is 82.6 Å². The summed E-state index contributed by atoms with van der Waals surface area (Å²) >= 11 is 0. The molecule has 5 rings (SSSR count). The van der Waals surface area contributed by atoms with Crippen LogP contribution in [-0.2, 0) is 16.0 Å². The van der Waals surface area contributed by atoms with Crippen LogP contribution in [-0.4, -0.2) is 40.3 Å². The van der Waals surface area contributed by atoms with Gasteiger partial charge < -0.3 is 19.7 Å². The Balaban J connectivity index is 1.48. The molecule has 1 atom stereocenters. The first kappa shape index (κ1) is 24.1. The quantitative estimate of drug-likeness (QED) is 0.314. The van der Waals surface area contributed by atoms with E-state index in [1.807, 2.05) is 54.7 Å². The molecule has 2 N–H and O–H groups in total. The third-order valence-corrected chi connectivity index (χ3v) is 6.59. The normalized spacial score (nSPS) is 15.8. The lowest BCUT2D eigenvalue weighted by atomic mass is 9.95. The summed E-state index contributed by atoms with van der Waals surface area (Å²) in [7, 11) is 1.59. The van der Waals surface area contributed by atoms with E-state index in [0.717, 1.165) is 22.0 Å². The maximum atomic E-state index is 15.0. The zero-order chi connectivity index (χ0) is 25.9. The van der Waals surface area contributed by atoms with Crippen molar-refractivity contribution < 1.29 is 23.8 Å². The predicted octanol–water partition coefficient (Wildman–Crippen LogP) is 5.54. The third kappa shape index (κ3) is 4.63. The summed E-state index contributed by atoms with van der Waals surface area (Å²) in [6.07, 6.45) is 5.17. The van der Waals surface area contributed by atoms with E-state index < -0.39 is 29.3 Å². The van der Waals surface area contributed by atoms with Crippen molar-refractivity contribution in [1.29, 1.82) is 0 Å². The first-order chi connectivity index (χ1) is 18.0. The first-order valence-electron chi connectivity index (χ1n) is 11.9. The Morgan fingerprint density at radius 1 is 1.11 bits per heavy atom. The number of aromatic nitrogens is 1. The average molecular weight is 497 g/mol. The number of hydrogen-bond acceptors (Lipinski definition) is 4. The molecular weight excluding hydrogens is 471 g/mol. The number of aromatic amines is 1. The minimum Gasteiger partial charge on any atom is -0.503 e. The molecule has 0 bridgehead atoms. The van der Waals surface area contributed by atoms with E-state index >= 15 is 0 Å². The van der Waals surface area contributed by atoms with Crippen molar-refractivity contribution in [2.75, 3.05) is 13.7 Å². The van der Waals surface area contributed by atoms with Crippen LogP contribution >= 0.6 is 0 Å². The van der Waals surface area contributed by atoms with Gasteiger partial charge >= 0.3 is 0 Å². The van der Waals surface area contributed by atoms with Gasteiger partial charge in [0, 0.05) is 29.2 Å². The molecule has 0 aliphatic carbocycles. The number of amides is 1. The summed E-state index contributed by atoms with van der Waals surface area (Å²) in [4.78, 5) is 31.0. The number of aliphatic hydroxyl groups is 1. The van der Waals surface area contributed by atoms with E-state index in [2.05, 4.69) is 4.98 Å². The number of ketones is 1. The number of benzene rings is 3. The second-order valence-electron chi connectivity index (χ2n) is 8.77. The summed E-state index contributed by atoms with van der Waals surface area (Å²) < 4.78 is 20.3. The highest BCUT2D eigenvalue weighted by atomic mass is 19.1. The monoisotopic (exact) mass is 496 g/mol. The smallest absolute Gasteiger partial charge is 0.290 e. The summed E-state index contributed by atoms with van der Waals surface area (Å²) in [5, 5.41) is 11.7. The number of fused-ring (bicyclic) bond motifs is 1. The second-order valence-corrected chi connectivity index (χ2v) is 8.77. The molecular formula is C30H25FN2O4. The van der Waals surface area contributed by atoms with Crippen molar-refractivity contribution in [3.05, 3.63) is 119 Å². The summed E-state index contributed by atoms with van der Waals surface area (Å²) in [5.74, 6) is -1.78. The van der Waals surface area contributed by atoms with E-state index in [1.54, 1.807) is 25.3 Å². The molecule has 1 aromatic heterocycles. The van der Waals surface area contributed by atoms with E-state index in [1.165, 1.54) is 23.1 Å². The van der Waals surface area contributed by atoms with Crippen molar-refractivity contribution >= 4 is 28.7 Å². The molecule has 186 valence electrons. The average Bonchev–Trinajstić information content (AvgIpc) is 3.44. The fraction of sp³-hybridized carbons (Fsp3) is 0.133. The van der Waals surface area contributed by atoms with Crippen molar-refractivity contribution in [3.63, 3.8) is 0 Å². The van der Waals surface area contributed by atoms with Crippen LogP contribution in [0.5, 0.6) is 5.75 Å². The number of methoxy groups -OCH3 is 1. The molecule has 0 spiro atoms. The fourth-order valence-corrected chi connectivity index (χ4v) is 4.71. The molecule has 0 saturated heterocycles. The minimum atomic E-state index is -1.05. The molecule has 6 nitrogen and oxygen atoms in total. The zero-order valence-electron chi connectivity index (χ0n) is 20.1. The number of allylic oxidation sites excluding steroid dienone is 1. The molecule has 37 heavy (non-hydrogen) atoms. The fourth-order valence-electron chi connectivity index (χ4n) is 4.71. The molecule has 1 amide bonds. The third-order valence-electron chi connectivity index (χ3n) is 6.59. The van der Waals surface area contributed by atoms with E-state index in [9.17, 15) is 19.1 Å². The number of rotatable bonds is 8. The number of ether oxygens (including phenoxy) is 1. The number of nitrogens with zero attached hydrogens (tertiary/aromatic N) is 1. The van der Waals surface area contributed by atoms with Gasteiger partial charge in [0.15, 0.2) is 11.5 Å². The van der Waals surface area contributed by atoms with Gasteiger partial charge in [-0.3, -0.25) is 9.59 Å². The minimum absolute atomic E-state index is 0.136. The van der Waals surface area contributed by atoms with Crippen LogP contribution in [0, 0.1) is 5.82 Å². The second kappa shape index (κ2) is 10.1. The van der Waals surface area contributed by atoms with Gasteiger partial charge in [0.25, 0.3) is 5.91 Å². The van der Waals surface area contributed by atoms with Gasteiger partial charge in [0.05, 0.1) is 18.7 Å². The van der Waals surface area contributed by atoms with Crippen LogP contribution in [0.15, 0.2) is 96.4 Å². The highest BCUT2D eigenvalue weighted by Gasteiger charge is 2.43. The predicted molar refractivity (Wildman–Crippen MR) is 140 cm³/mol. The maximum absolute atomic E-state index is 15.0. The van der Waals surface area contributed by atoms with E-state index in [0.29, 0.717) is 12.2 Å². The Morgan fingerprint density at radius 2 is 1.86 bits per heavy atom. The standard InChI is InChI=1S/C30H25FN2O4/c1-37-21-12-13-25-23(17-21)20(18-32-25)15-16-33-28(22-9-5-6-10-24(22)31)27(29(35)30(33)36)26(34)14-11-19-7-3-2-4-8-19/h2-14,17-18,28,32,35H,15-16H2,1H3/b14-11+. The zero-order valence-corrected chi connectivity index (χ0v) is 20.1. The van der Waals surface area contributed by atoms with Gasteiger partial charge in [-0.2, -0.15) is 0 Å². The largest absolute Gasteiger partial charge is 0.503 e. The molecule has 1 unspecified atom stereocenters. The molecule has 1 aliphatic rings. The number of carbonyl (C=O) groups excluding carboxylic acids is 2. The SMILES string of the molecule is COc1ccc2[nH]cc(CCN3C(=O)C(O)=C(C(=O)/C=C/c4ccccc4)C3c3ccccc3F)c2c1. The van der Waals surface area contributed by atoms with E-state index in [4.69, 9.17) is 4.74 Å². The Hall–Kier alpha value is -4.65. The van der Waals surface area contributed by atoms with Crippen LogP contribution in [0.3, 0.4) is 0 Å². The highest BCUT2D eigenvalue weighted by molar-refractivity contribution is 6.14. The van der Waals surface area contributed by atoms with Crippen LogP contribution in [0.25, 0.3) is 17.0 Å². The van der Waals surface area contributed by atoms with Gasteiger partial charge in [-0.25, -0.2) is 4.39 Å². The lowest BCUT2D eigenvalue weighted by Gasteiger charge is -2.27. The van der Waals surface area contributed by atoms with Crippen molar-refractivity contribution in [1.82, 2.24) is 9.88 Å². The first-order valence-corrected chi connectivity index (χ1v) is 11.9. The van der Waals surface area contributed by atoms with Crippen LogP contribution in [0.1, 0.15) is 22.7 Å². The number of H-pyrrole nitrogens is 1. The molecule has 0 saturated carbocycles. The number of halogens is 1. The summed E-state index contributed by atoms with van der Waals surface area (Å²) in [6, 6.07) is 19.8. The van der Waals surface area contributed by atoms with Crippen molar-refractivity contribution in [2.24, 2.45) is 0 Å². The molecule has 4 aromatic rings. The van der Waals surface area contributed by atoms with Crippen LogP contribution in [0.2, 0.25) is 0 Å². The van der Waals surface area contributed by atoms with E-state index in [-0.39, 0.29) is 17.7 Å². The van der Waals surface area contributed by atoms with Crippen molar-refractivity contribution in [3.8, 4) is 5.75 Å². The highest BCUT2D eigenvalue weighted by Crippen LogP contribution is 2.39. The summed E-state index contributed by atoms with van der Waals surface area (Å²) in [6.45, 7) is 0.158. The number of nitrogens with one attached hydrogen (secondary N) is 1. The van der Waals surface area contributed by atoms with Gasteiger partial charge in [-0.1, -0.05) is 54.6 Å². The number of aliphatic hydroxyl groups excluding tert-OH is 1. The Kier molecular flexibility index (Phi) is 6.60. The van der Waals surface area contributed by atoms with Gasteiger partial charge in [-0.15, -0.1) is 0 Å². The Morgan fingerprint density at radius 3 is 2.62 bits per heavy atom. The molecule has 1 aliphatic heterocycles. The maximum Gasteiger partial charge on any atom is 0.290 e. The Bertz CT molecular complexity index is 1540. The van der Waals surface area contributed by atoms with Gasteiger partial charge in [0.2, 0.25) is 0 Å². The molecule has 2 heterocycles. The lowest BCUT2D eigenvalue weighted by Crippen LogP contribution is -2.33. The van der Waals surface area contributed by atoms with Crippen LogP contribution in [0.4, 0.5) is 4.39 Å².